The molecule has 0 unspecified atom stereocenters. The molecule has 0 aromatic rings. The van der Waals surface area contributed by atoms with Gasteiger partial charge in [0.15, 0.2) is 0 Å². The molecule has 2 heterocycles. The van der Waals surface area contributed by atoms with E-state index in [2.05, 4.69) is 11.9 Å². The third kappa shape index (κ3) is 1.07. The van der Waals surface area contributed by atoms with Crippen LogP contribution >= 0.6 is 0 Å². The summed E-state index contributed by atoms with van der Waals surface area (Å²) < 4.78 is 0. The standard InChI is InChI=1S/C9H17N/c1-10-7-6-8-2-4-9(10)5-3-8/h8-9H,2-7H2,1H3. The molecule has 1 saturated carbocycles. The molecule has 3 aliphatic rings. The van der Waals surface area contributed by atoms with Gasteiger partial charge >= 0.3 is 0 Å². The van der Waals surface area contributed by atoms with Crippen molar-refractivity contribution in [3.8, 4) is 0 Å². The highest BCUT2D eigenvalue weighted by Gasteiger charge is 2.27. The molecular formula is C9H17N. The van der Waals surface area contributed by atoms with Crippen LogP contribution in [0.15, 0.2) is 0 Å². The van der Waals surface area contributed by atoms with Gasteiger partial charge in [-0.3, -0.25) is 0 Å². The van der Waals surface area contributed by atoms with E-state index in [0.717, 1.165) is 12.0 Å². The summed E-state index contributed by atoms with van der Waals surface area (Å²) in [4.78, 5) is 2.56. The summed E-state index contributed by atoms with van der Waals surface area (Å²) >= 11 is 0. The van der Waals surface area contributed by atoms with Crippen LogP contribution < -0.4 is 0 Å². The Bertz CT molecular complexity index is 114. The van der Waals surface area contributed by atoms with E-state index >= 15 is 0 Å². The van der Waals surface area contributed by atoms with Gasteiger partial charge < -0.3 is 4.90 Å². The zero-order valence-corrected chi connectivity index (χ0v) is 6.84. The van der Waals surface area contributed by atoms with E-state index in [-0.39, 0.29) is 0 Å². The van der Waals surface area contributed by atoms with Crippen LogP contribution in [0.4, 0.5) is 0 Å². The summed E-state index contributed by atoms with van der Waals surface area (Å²) in [6.07, 6.45) is 7.43. The lowest BCUT2D eigenvalue weighted by Gasteiger charge is -2.27. The van der Waals surface area contributed by atoms with Gasteiger partial charge in [-0.15, -0.1) is 0 Å². The predicted octanol–water partition coefficient (Wildman–Crippen LogP) is 1.88. The molecule has 0 aromatic carbocycles. The highest BCUT2D eigenvalue weighted by molar-refractivity contribution is 4.82. The van der Waals surface area contributed by atoms with Crippen molar-refractivity contribution in [3.63, 3.8) is 0 Å². The lowest BCUT2D eigenvalue weighted by atomic mass is 9.86. The van der Waals surface area contributed by atoms with E-state index < -0.39 is 0 Å². The monoisotopic (exact) mass is 139 g/mol. The fourth-order valence-electron chi connectivity index (χ4n) is 2.44. The smallest absolute Gasteiger partial charge is 0.00924 e. The number of nitrogens with zero attached hydrogens (tertiary/aromatic N) is 1. The molecule has 3 fully saturated rings. The molecule has 0 spiro atoms. The Kier molecular flexibility index (Phi) is 1.69. The van der Waals surface area contributed by atoms with Crippen LogP contribution in [0, 0.1) is 5.92 Å². The minimum Gasteiger partial charge on any atom is -0.303 e. The van der Waals surface area contributed by atoms with Crippen molar-refractivity contribution < 1.29 is 0 Å². The highest BCUT2D eigenvalue weighted by Crippen LogP contribution is 2.32. The summed E-state index contributed by atoms with van der Waals surface area (Å²) in [7, 11) is 2.29. The van der Waals surface area contributed by atoms with E-state index in [1.807, 2.05) is 0 Å². The third-order valence-corrected chi connectivity index (χ3v) is 3.33. The van der Waals surface area contributed by atoms with Gasteiger partial charge in [-0.2, -0.15) is 0 Å². The molecule has 0 amide bonds. The fraction of sp³-hybridized carbons (Fsp3) is 1.00. The molecule has 0 aromatic heterocycles. The van der Waals surface area contributed by atoms with E-state index in [1.165, 1.54) is 38.6 Å². The van der Waals surface area contributed by atoms with Crippen molar-refractivity contribution in [2.24, 2.45) is 5.92 Å². The van der Waals surface area contributed by atoms with Gasteiger partial charge in [-0.05, 0) is 51.6 Å². The van der Waals surface area contributed by atoms with Crippen molar-refractivity contribution in [3.05, 3.63) is 0 Å². The van der Waals surface area contributed by atoms with Gasteiger partial charge in [-0.25, -0.2) is 0 Å². The minimum absolute atomic E-state index is 0.943. The topological polar surface area (TPSA) is 3.24 Å². The maximum atomic E-state index is 2.56. The van der Waals surface area contributed by atoms with E-state index in [1.54, 1.807) is 0 Å². The summed E-state index contributed by atoms with van der Waals surface area (Å²) in [6, 6.07) is 0.943. The Morgan fingerprint density at radius 1 is 1.00 bits per heavy atom. The summed E-state index contributed by atoms with van der Waals surface area (Å²) in [5, 5.41) is 0. The van der Waals surface area contributed by atoms with Crippen molar-refractivity contribution in [1.29, 1.82) is 0 Å². The molecule has 0 atom stereocenters. The largest absolute Gasteiger partial charge is 0.303 e. The van der Waals surface area contributed by atoms with Crippen molar-refractivity contribution in [2.75, 3.05) is 13.6 Å². The van der Waals surface area contributed by atoms with Crippen LogP contribution in [0.1, 0.15) is 32.1 Å². The molecule has 58 valence electrons. The molecule has 1 heteroatoms. The number of rotatable bonds is 0. The average Bonchev–Trinajstić information content (AvgIpc) is 2.24. The Balaban J connectivity index is 2.07. The fourth-order valence-corrected chi connectivity index (χ4v) is 2.44. The number of hydrogen-bond donors (Lipinski definition) is 0. The van der Waals surface area contributed by atoms with Crippen molar-refractivity contribution in [2.45, 2.75) is 38.1 Å². The van der Waals surface area contributed by atoms with Gasteiger partial charge in [0.05, 0.1) is 0 Å². The molecule has 3 rings (SSSR count). The van der Waals surface area contributed by atoms with E-state index in [9.17, 15) is 0 Å². The predicted molar refractivity (Wildman–Crippen MR) is 43.0 cm³/mol. The van der Waals surface area contributed by atoms with Gasteiger partial charge in [0.2, 0.25) is 0 Å². The normalized spacial score (nSPS) is 41.7. The molecule has 10 heavy (non-hydrogen) atoms. The summed E-state index contributed by atoms with van der Waals surface area (Å²) in [6.45, 7) is 1.36. The first-order chi connectivity index (χ1) is 4.86. The van der Waals surface area contributed by atoms with Crippen LogP contribution in [0.3, 0.4) is 0 Å². The van der Waals surface area contributed by atoms with E-state index in [0.29, 0.717) is 0 Å². The first-order valence-corrected chi connectivity index (χ1v) is 4.56. The van der Waals surface area contributed by atoms with Gasteiger partial charge in [0, 0.05) is 6.04 Å². The number of hydrogen-bond acceptors (Lipinski definition) is 1. The van der Waals surface area contributed by atoms with Crippen LogP contribution in [0.25, 0.3) is 0 Å². The lowest BCUT2D eigenvalue weighted by molar-refractivity contribution is 0.225. The van der Waals surface area contributed by atoms with Crippen molar-refractivity contribution in [1.82, 2.24) is 4.90 Å². The quantitative estimate of drug-likeness (QED) is 0.495. The second-order valence-corrected chi connectivity index (χ2v) is 3.94. The average molecular weight is 139 g/mol. The molecule has 0 radical (unpaired) electrons. The van der Waals surface area contributed by atoms with Crippen LogP contribution in [-0.4, -0.2) is 24.5 Å². The number of fused-ring (bicyclic) bond motifs is 4. The molecular weight excluding hydrogens is 122 g/mol. The van der Waals surface area contributed by atoms with Gasteiger partial charge in [0.25, 0.3) is 0 Å². The zero-order chi connectivity index (χ0) is 6.97. The highest BCUT2D eigenvalue weighted by atomic mass is 15.1. The molecule has 2 saturated heterocycles. The molecule has 2 bridgehead atoms. The Morgan fingerprint density at radius 3 is 2.40 bits per heavy atom. The van der Waals surface area contributed by atoms with Crippen LogP contribution in [0.5, 0.6) is 0 Å². The maximum Gasteiger partial charge on any atom is 0.00924 e. The maximum absolute atomic E-state index is 2.56. The zero-order valence-electron chi connectivity index (χ0n) is 6.84. The molecule has 1 nitrogen and oxygen atoms in total. The molecule has 1 aliphatic carbocycles. The minimum atomic E-state index is 0.943. The van der Waals surface area contributed by atoms with Crippen LogP contribution in [-0.2, 0) is 0 Å². The second-order valence-electron chi connectivity index (χ2n) is 3.94. The lowest BCUT2D eigenvalue weighted by Crippen LogP contribution is -2.30. The SMILES string of the molecule is CN1CCC2CCC1CC2. The Labute approximate surface area is 63.4 Å². The summed E-state index contributed by atoms with van der Waals surface area (Å²) in [5.41, 5.74) is 0. The first-order valence-electron chi connectivity index (χ1n) is 4.56. The Morgan fingerprint density at radius 2 is 1.70 bits per heavy atom. The Hall–Kier alpha value is -0.0400. The van der Waals surface area contributed by atoms with Crippen molar-refractivity contribution >= 4 is 0 Å². The van der Waals surface area contributed by atoms with E-state index in [4.69, 9.17) is 0 Å². The van der Waals surface area contributed by atoms with Gasteiger partial charge in [-0.1, -0.05) is 0 Å². The van der Waals surface area contributed by atoms with Gasteiger partial charge in [0.1, 0.15) is 0 Å². The summed E-state index contributed by atoms with van der Waals surface area (Å²) in [5.74, 6) is 1.08. The second kappa shape index (κ2) is 2.54. The third-order valence-electron chi connectivity index (χ3n) is 3.33. The van der Waals surface area contributed by atoms with Crippen LogP contribution in [0.2, 0.25) is 0 Å². The molecule has 2 aliphatic heterocycles. The molecule has 0 N–H and O–H groups in total. The first kappa shape index (κ1) is 6.66.